The van der Waals surface area contributed by atoms with Gasteiger partial charge in [0.05, 0.1) is 18.3 Å². The van der Waals surface area contributed by atoms with Crippen LogP contribution in [0.3, 0.4) is 0 Å². The first-order valence-electron chi connectivity index (χ1n) is 4.07. The maximum Gasteiger partial charge on any atom is 0.118 e. The van der Waals surface area contributed by atoms with Gasteiger partial charge in [-0.2, -0.15) is 0 Å². The molecule has 74 valence electrons. The summed E-state index contributed by atoms with van der Waals surface area (Å²) in [5, 5.41) is 11.4. The highest BCUT2D eigenvalue weighted by atomic mass is 32.1. The molecular formula is C8H14N2O2S. The summed E-state index contributed by atoms with van der Waals surface area (Å²) < 4.78 is 4.91. The first-order chi connectivity index (χ1) is 6.27. The Labute approximate surface area is 81.4 Å². The van der Waals surface area contributed by atoms with Crippen molar-refractivity contribution >= 4 is 11.3 Å². The smallest absolute Gasteiger partial charge is 0.118 e. The third kappa shape index (κ3) is 3.04. The quantitative estimate of drug-likeness (QED) is 0.736. The van der Waals surface area contributed by atoms with Gasteiger partial charge in [-0.15, -0.1) is 11.3 Å². The van der Waals surface area contributed by atoms with Crippen LogP contribution in [0.1, 0.15) is 23.2 Å². The average Bonchev–Trinajstić information content (AvgIpc) is 2.62. The minimum Gasteiger partial charge on any atom is -0.389 e. The van der Waals surface area contributed by atoms with Gasteiger partial charge in [0.25, 0.3) is 0 Å². The number of hydrogen-bond acceptors (Lipinski definition) is 5. The van der Waals surface area contributed by atoms with Crippen molar-refractivity contribution in [2.75, 3.05) is 13.7 Å². The van der Waals surface area contributed by atoms with Gasteiger partial charge in [0.15, 0.2) is 0 Å². The topological polar surface area (TPSA) is 68.4 Å². The third-order valence-corrected chi connectivity index (χ3v) is 2.57. The third-order valence-electron chi connectivity index (χ3n) is 1.72. The Morgan fingerprint density at radius 1 is 1.77 bits per heavy atom. The molecule has 0 aromatic carbocycles. The van der Waals surface area contributed by atoms with E-state index in [-0.39, 0.29) is 12.6 Å². The Bertz CT molecular complexity index is 252. The number of nitrogens with zero attached hydrogens (tertiary/aromatic N) is 1. The molecule has 1 rings (SSSR count). The van der Waals surface area contributed by atoms with Gasteiger partial charge >= 0.3 is 0 Å². The van der Waals surface area contributed by atoms with E-state index >= 15 is 0 Å². The number of rotatable bonds is 5. The summed E-state index contributed by atoms with van der Waals surface area (Å²) in [5.74, 6) is 0. The Morgan fingerprint density at radius 3 is 3.08 bits per heavy atom. The maximum atomic E-state index is 8.79. The standard InChI is InChI=1S/C8H14N2O2S/c1-12-3-2-6(9)7-5-13-8(4-11)10-7/h5-6,11H,2-4,9H2,1H3. The lowest BCUT2D eigenvalue weighted by atomic mass is 10.2. The number of thiazole rings is 1. The van der Waals surface area contributed by atoms with Crippen molar-refractivity contribution in [1.29, 1.82) is 0 Å². The van der Waals surface area contributed by atoms with Crippen LogP contribution in [0.15, 0.2) is 5.38 Å². The van der Waals surface area contributed by atoms with Gasteiger partial charge in [0.1, 0.15) is 5.01 Å². The highest BCUT2D eigenvalue weighted by Gasteiger charge is 2.09. The van der Waals surface area contributed by atoms with Crippen LogP contribution in [-0.2, 0) is 11.3 Å². The Hall–Kier alpha value is -0.490. The van der Waals surface area contributed by atoms with Crippen molar-refractivity contribution in [2.45, 2.75) is 19.1 Å². The monoisotopic (exact) mass is 202 g/mol. The van der Waals surface area contributed by atoms with E-state index in [0.29, 0.717) is 11.6 Å². The summed E-state index contributed by atoms with van der Waals surface area (Å²) in [6.45, 7) is 0.620. The molecule has 0 saturated heterocycles. The summed E-state index contributed by atoms with van der Waals surface area (Å²) in [4.78, 5) is 4.17. The minimum atomic E-state index is -0.0866. The van der Waals surface area contributed by atoms with Gasteiger partial charge in [-0.1, -0.05) is 0 Å². The summed E-state index contributed by atoms with van der Waals surface area (Å²) in [7, 11) is 1.65. The number of hydrogen-bond donors (Lipinski definition) is 2. The number of methoxy groups -OCH3 is 1. The zero-order valence-corrected chi connectivity index (χ0v) is 8.38. The molecule has 1 atom stereocenters. The van der Waals surface area contributed by atoms with Crippen LogP contribution in [0.25, 0.3) is 0 Å². The molecule has 0 fully saturated rings. The van der Waals surface area contributed by atoms with E-state index in [1.54, 1.807) is 7.11 Å². The number of nitrogens with two attached hydrogens (primary N) is 1. The van der Waals surface area contributed by atoms with Crippen LogP contribution in [0, 0.1) is 0 Å². The predicted molar refractivity (Wildman–Crippen MR) is 51.5 cm³/mol. The average molecular weight is 202 g/mol. The lowest BCUT2D eigenvalue weighted by Gasteiger charge is -2.06. The molecule has 1 aromatic heterocycles. The second-order valence-electron chi connectivity index (χ2n) is 2.71. The molecule has 0 radical (unpaired) electrons. The van der Waals surface area contributed by atoms with Crippen LogP contribution in [-0.4, -0.2) is 23.8 Å². The van der Waals surface area contributed by atoms with Crippen LogP contribution in [0.2, 0.25) is 0 Å². The van der Waals surface area contributed by atoms with Gasteiger partial charge in [-0.05, 0) is 6.42 Å². The fourth-order valence-corrected chi connectivity index (χ4v) is 1.68. The van der Waals surface area contributed by atoms with E-state index in [4.69, 9.17) is 15.6 Å². The maximum absolute atomic E-state index is 8.79. The summed E-state index contributed by atoms with van der Waals surface area (Å²) >= 11 is 1.43. The van der Waals surface area contributed by atoms with Crippen LogP contribution in [0.4, 0.5) is 0 Å². The fraction of sp³-hybridized carbons (Fsp3) is 0.625. The molecule has 13 heavy (non-hydrogen) atoms. The summed E-state index contributed by atoms with van der Waals surface area (Å²) in [6.07, 6.45) is 0.755. The molecule has 0 amide bonds. The second-order valence-corrected chi connectivity index (χ2v) is 3.65. The van der Waals surface area contributed by atoms with E-state index in [2.05, 4.69) is 4.98 Å². The molecule has 4 nitrogen and oxygen atoms in total. The molecule has 0 bridgehead atoms. The van der Waals surface area contributed by atoms with Crippen molar-refractivity contribution in [3.63, 3.8) is 0 Å². The second kappa shape index (κ2) is 5.29. The first-order valence-corrected chi connectivity index (χ1v) is 4.95. The SMILES string of the molecule is COCCC(N)c1csc(CO)n1. The zero-order valence-electron chi connectivity index (χ0n) is 7.56. The van der Waals surface area contributed by atoms with Gasteiger partial charge < -0.3 is 15.6 Å². The number of aromatic nitrogens is 1. The van der Waals surface area contributed by atoms with E-state index in [9.17, 15) is 0 Å². The van der Waals surface area contributed by atoms with Crippen LogP contribution >= 0.6 is 11.3 Å². The largest absolute Gasteiger partial charge is 0.389 e. The van der Waals surface area contributed by atoms with Crippen LogP contribution in [0.5, 0.6) is 0 Å². The summed E-state index contributed by atoms with van der Waals surface area (Å²) in [5.41, 5.74) is 6.67. The molecule has 1 aromatic rings. The molecule has 0 aliphatic rings. The van der Waals surface area contributed by atoms with Crippen molar-refractivity contribution in [1.82, 2.24) is 4.98 Å². The molecular weight excluding hydrogens is 188 g/mol. The molecule has 0 saturated carbocycles. The summed E-state index contributed by atoms with van der Waals surface area (Å²) in [6, 6.07) is -0.0866. The lowest BCUT2D eigenvalue weighted by Crippen LogP contribution is -2.13. The van der Waals surface area contributed by atoms with Gasteiger partial charge in [-0.25, -0.2) is 4.98 Å². The Balaban J connectivity index is 2.50. The van der Waals surface area contributed by atoms with Crippen molar-refractivity contribution < 1.29 is 9.84 Å². The van der Waals surface area contributed by atoms with Gasteiger partial charge in [0, 0.05) is 19.1 Å². The normalized spacial score (nSPS) is 13.2. The van der Waals surface area contributed by atoms with E-state index in [0.717, 1.165) is 12.1 Å². The van der Waals surface area contributed by atoms with Gasteiger partial charge in [-0.3, -0.25) is 0 Å². The van der Waals surface area contributed by atoms with Crippen molar-refractivity contribution in [3.8, 4) is 0 Å². The van der Waals surface area contributed by atoms with Crippen molar-refractivity contribution in [2.24, 2.45) is 5.73 Å². The number of aliphatic hydroxyl groups is 1. The number of aliphatic hydroxyl groups excluding tert-OH is 1. The molecule has 0 aliphatic heterocycles. The Morgan fingerprint density at radius 2 is 2.54 bits per heavy atom. The molecule has 0 spiro atoms. The first kappa shape index (κ1) is 10.6. The molecule has 0 aliphatic carbocycles. The fourth-order valence-electron chi connectivity index (χ4n) is 0.961. The van der Waals surface area contributed by atoms with E-state index < -0.39 is 0 Å². The van der Waals surface area contributed by atoms with Crippen molar-refractivity contribution in [3.05, 3.63) is 16.1 Å². The van der Waals surface area contributed by atoms with E-state index in [1.807, 2.05) is 5.38 Å². The minimum absolute atomic E-state index is 0.0122. The lowest BCUT2D eigenvalue weighted by molar-refractivity contribution is 0.187. The highest BCUT2D eigenvalue weighted by Crippen LogP contribution is 2.17. The van der Waals surface area contributed by atoms with E-state index in [1.165, 1.54) is 11.3 Å². The number of ether oxygens (including phenoxy) is 1. The zero-order chi connectivity index (χ0) is 9.68. The Kier molecular flexibility index (Phi) is 4.31. The molecule has 5 heteroatoms. The predicted octanol–water partition coefficient (Wildman–Crippen LogP) is 0.672. The molecule has 1 unspecified atom stereocenters. The molecule has 3 N–H and O–H groups in total. The van der Waals surface area contributed by atoms with Gasteiger partial charge in [0.2, 0.25) is 0 Å². The van der Waals surface area contributed by atoms with Crippen LogP contribution < -0.4 is 5.73 Å². The highest BCUT2D eigenvalue weighted by molar-refractivity contribution is 7.09. The molecule has 1 heterocycles.